The standard InChI is InChI=1S/C19H26N4O2S2/c1-26-19-20-10-18(11-21-19)14-23-9-5-8-17(13-23)12-22-27(24,25)15-16-6-3-2-4-7-16/h2-4,6-7,10-11,17,22H,5,8-9,12-15H2,1H3. The van der Waals surface area contributed by atoms with Gasteiger partial charge in [-0.3, -0.25) is 4.90 Å². The van der Waals surface area contributed by atoms with Crippen LogP contribution < -0.4 is 4.72 Å². The second-order valence-corrected chi connectivity index (χ2v) is 9.49. The van der Waals surface area contributed by atoms with E-state index in [0.717, 1.165) is 48.8 Å². The summed E-state index contributed by atoms with van der Waals surface area (Å²) >= 11 is 1.53. The van der Waals surface area contributed by atoms with Crippen LogP contribution >= 0.6 is 11.8 Å². The highest BCUT2D eigenvalue weighted by molar-refractivity contribution is 7.98. The lowest BCUT2D eigenvalue weighted by Gasteiger charge is -2.32. The normalized spacial score (nSPS) is 18.5. The van der Waals surface area contributed by atoms with Crippen molar-refractivity contribution in [1.82, 2.24) is 19.6 Å². The Hall–Kier alpha value is -1.48. The number of sulfonamides is 1. The van der Waals surface area contributed by atoms with Gasteiger partial charge in [-0.15, -0.1) is 0 Å². The molecule has 6 nitrogen and oxygen atoms in total. The Morgan fingerprint density at radius 3 is 2.63 bits per heavy atom. The summed E-state index contributed by atoms with van der Waals surface area (Å²) in [5.74, 6) is 0.360. The van der Waals surface area contributed by atoms with Gasteiger partial charge in [-0.1, -0.05) is 42.1 Å². The Labute approximate surface area is 165 Å². The molecule has 0 radical (unpaired) electrons. The van der Waals surface area contributed by atoms with Gasteiger partial charge in [0.2, 0.25) is 10.0 Å². The van der Waals surface area contributed by atoms with Crippen LogP contribution in [0.2, 0.25) is 0 Å². The number of nitrogens with one attached hydrogen (secondary N) is 1. The van der Waals surface area contributed by atoms with Crippen LogP contribution in [0.4, 0.5) is 0 Å². The summed E-state index contributed by atoms with van der Waals surface area (Å²) in [7, 11) is -3.31. The lowest BCUT2D eigenvalue weighted by atomic mass is 9.98. The molecule has 1 aliphatic rings. The molecule has 0 spiro atoms. The zero-order chi connectivity index (χ0) is 19.1. The molecule has 1 aromatic carbocycles. The number of hydrogen-bond acceptors (Lipinski definition) is 6. The Kier molecular flexibility index (Phi) is 7.23. The zero-order valence-electron chi connectivity index (χ0n) is 15.5. The number of nitrogens with zero attached hydrogens (tertiary/aromatic N) is 3. The van der Waals surface area contributed by atoms with Gasteiger partial charge in [0.05, 0.1) is 5.75 Å². The predicted octanol–water partition coefficient (Wildman–Crippen LogP) is 2.53. The van der Waals surface area contributed by atoms with Gasteiger partial charge < -0.3 is 0 Å². The first kappa shape index (κ1) is 20.3. The number of thioether (sulfide) groups is 1. The third kappa shape index (κ3) is 6.57. The molecule has 1 aliphatic heterocycles. The second kappa shape index (κ2) is 9.64. The maximum atomic E-state index is 12.3. The molecule has 0 saturated carbocycles. The SMILES string of the molecule is CSc1ncc(CN2CCCC(CNS(=O)(=O)Cc3ccccc3)C2)cn1. The highest BCUT2D eigenvalue weighted by Gasteiger charge is 2.22. The van der Waals surface area contributed by atoms with Gasteiger partial charge in [0.15, 0.2) is 5.16 Å². The number of likely N-dealkylation sites (tertiary alicyclic amines) is 1. The molecule has 1 unspecified atom stereocenters. The summed E-state index contributed by atoms with van der Waals surface area (Å²) in [6.45, 7) is 3.21. The number of benzene rings is 1. The minimum absolute atomic E-state index is 0.0312. The monoisotopic (exact) mass is 406 g/mol. The van der Waals surface area contributed by atoms with Crippen molar-refractivity contribution in [3.63, 3.8) is 0 Å². The van der Waals surface area contributed by atoms with Gasteiger partial charge in [0.25, 0.3) is 0 Å². The second-order valence-electron chi connectivity index (χ2n) is 6.91. The largest absolute Gasteiger partial charge is 0.299 e. The molecule has 1 saturated heterocycles. The minimum atomic E-state index is -3.31. The fraction of sp³-hybridized carbons (Fsp3) is 0.474. The van der Waals surface area contributed by atoms with E-state index in [9.17, 15) is 8.42 Å². The van der Waals surface area contributed by atoms with E-state index in [1.165, 1.54) is 11.8 Å². The highest BCUT2D eigenvalue weighted by Crippen LogP contribution is 2.18. The summed E-state index contributed by atoms with van der Waals surface area (Å²) in [6.07, 6.45) is 7.85. The summed E-state index contributed by atoms with van der Waals surface area (Å²) in [6, 6.07) is 9.29. The van der Waals surface area contributed by atoms with E-state index in [1.807, 2.05) is 49.0 Å². The van der Waals surface area contributed by atoms with Crippen molar-refractivity contribution in [3.8, 4) is 0 Å². The fourth-order valence-electron chi connectivity index (χ4n) is 3.34. The summed E-state index contributed by atoms with van der Waals surface area (Å²) in [5.41, 5.74) is 1.90. The van der Waals surface area contributed by atoms with Crippen LogP contribution in [-0.4, -0.2) is 49.2 Å². The Morgan fingerprint density at radius 2 is 1.93 bits per heavy atom. The maximum absolute atomic E-state index is 12.3. The number of rotatable bonds is 8. The van der Waals surface area contributed by atoms with Crippen LogP contribution in [0.1, 0.15) is 24.0 Å². The van der Waals surface area contributed by atoms with E-state index in [0.29, 0.717) is 12.5 Å². The fourth-order valence-corrected chi connectivity index (χ4v) is 4.88. The van der Waals surface area contributed by atoms with E-state index in [2.05, 4.69) is 19.6 Å². The Bertz CT molecular complexity index is 813. The third-order valence-electron chi connectivity index (χ3n) is 4.66. The van der Waals surface area contributed by atoms with Gasteiger partial charge >= 0.3 is 0 Å². The molecule has 0 aliphatic carbocycles. The Balaban J connectivity index is 1.49. The summed E-state index contributed by atoms with van der Waals surface area (Å²) < 4.78 is 27.5. The molecule has 8 heteroatoms. The molecule has 1 atom stereocenters. The molecule has 146 valence electrons. The molecule has 2 aromatic rings. The van der Waals surface area contributed by atoms with E-state index in [1.54, 1.807) is 0 Å². The molecule has 3 rings (SSSR count). The van der Waals surface area contributed by atoms with Crippen molar-refractivity contribution in [1.29, 1.82) is 0 Å². The van der Waals surface area contributed by atoms with Crippen LogP contribution in [0.25, 0.3) is 0 Å². The lowest BCUT2D eigenvalue weighted by Crippen LogP contribution is -2.40. The predicted molar refractivity (Wildman–Crippen MR) is 109 cm³/mol. The topological polar surface area (TPSA) is 75.2 Å². The van der Waals surface area contributed by atoms with Crippen LogP contribution in [0.5, 0.6) is 0 Å². The van der Waals surface area contributed by atoms with Gasteiger partial charge in [0.1, 0.15) is 0 Å². The summed E-state index contributed by atoms with van der Waals surface area (Å²) in [5, 5.41) is 0.781. The van der Waals surface area contributed by atoms with Crippen molar-refractivity contribution in [2.24, 2.45) is 5.92 Å². The van der Waals surface area contributed by atoms with Crippen LogP contribution in [0, 0.1) is 5.92 Å². The van der Waals surface area contributed by atoms with Crippen molar-refractivity contribution in [2.45, 2.75) is 30.3 Å². The van der Waals surface area contributed by atoms with Crippen LogP contribution in [0.3, 0.4) is 0 Å². The molecular formula is C19H26N4O2S2. The van der Waals surface area contributed by atoms with Gasteiger partial charge in [-0.05, 0) is 37.1 Å². The maximum Gasteiger partial charge on any atom is 0.215 e. The quantitative estimate of drug-likeness (QED) is 0.536. The smallest absolute Gasteiger partial charge is 0.215 e. The van der Waals surface area contributed by atoms with Gasteiger partial charge in [0, 0.05) is 37.6 Å². The number of aromatic nitrogens is 2. The summed E-state index contributed by atoms with van der Waals surface area (Å²) in [4.78, 5) is 11.0. The van der Waals surface area contributed by atoms with E-state index in [4.69, 9.17) is 0 Å². The van der Waals surface area contributed by atoms with Gasteiger partial charge in [-0.25, -0.2) is 23.1 Å². The lowest BCUT2D eigenvalue weighted by molar-refractivity contribution is 0.168. The Morgan fingerprint density at radius 1 is 1.19 bits per heavy atom. The molecular weight excluding hydrogens is 380 g/mol. The molecule has 1 N–H and O–H groups in total. The average Bonchev–Trinajstić information content (AvgIpc) is 2.68. The van der Waals surface area contributed by atoms with E-state index >= 15 is 0 Å². The molecule has 1 fully saturated rings. The zero-order valence-corrected chi connectivity index (χ0v) is 17.2. The van der Waals surface area contributed by atoms with Crippen molar-refractivity contribution < 1.29 is 8.42 Å². The van der Waals surface area contributed by atoms with Gasteiger partial charge in [-0.2, -0.15) is 0 Å². The van der Waals surface area contributed by atoms with Crippen molar-refractivity contribution in [2.75, 3.05) is 25.9 Å². The minimum Gasteiger partial charge on any atom is -0.299 e. The first-order valence-corrected chi connectivity index (χ1v) is 12.0. The first-order chi connectivity index (χ1) is 13.0. The van der Waals surface area contributed by atoms with Crippen molar-refractivity contribution >= 4 is 21.8 Å². The van der Waals surface area contributed by atoms with Crippen molar-refractivity contribution in [3.05, 3.63) is 53.9 Å². The molecule has 0 amide bonds. The first-order valence-electron chi connectivity index (χ1n) is 9.12. The molecule has 1 aromatic heterocycles. The molecule has 2 heterocycles. The molecule has 0 bridgehead atoms. The highest BCUT2D eigenvalue weighted by atomic mass is 32.2. The molecule has 27 heavy (non-hydrogen) atoms. The third-order valence-corrected chi connectivity index (χ3v) is 6.56. The van der Waals surface area contributed by atoms with Crippen LogP contribution in [0.15, 0.2) is 47.9 Å². The van der Waals surface area contributed by atoms with Crippen LogP contribution in [-0.2, 0) is 22.3 Å². The van der Waals surface area contributed by atoms with E-state index < -0.39 is 10.0 Å². The number of hydrogen-bond donors (Lipinski definition) is 1. The number of piperidine rings is 1. The average molecular weight is 407 g/mol. The van der Waals surface area contributed by atoms with E-state index in [-0.39, 0.29) is 5.75 Å².